The molecule has 0 unspecified atom stereocenters. The molecule has 0 aliphatic rings. The highest BCUT2D eigenvalue weighted by molar-refractivity contribution is 14.2. The van der Waals surface area contributed by atoms with Crippen molar-refractivity contribution in [2.45, 2.75) is 18.3 Å². The van der Waals surface area contributed by atoms with E-state index in [0.717, 1.165) is 4.31 Å². The quantitative estimate of drug-likeness (QED) is 0.193. The van der Waals surface area contributed by atoms with E-state index in [1.807, 2.05) is 0 Å². The molecule has 0 saturated heterocycles. The smallest absolute Gasteiger partial charge is 0.246 e. The van der Waals surface area contributed by atoms with Gasteiger partial charge in [0.05, 0.1) is 27.4 Å². The average Bonchev–Trinajstić information content (AvgIpc) is 3.44. The van der Waals surface area contributed by atoms with Crippen molar-refractivity contribution in [3.63, 3.8) is 0 Å². The number of phenolic OH excluding ortho intramolecular Hbond substituents is 1. The molecule has 0 bridgehead atoms. The molecule has 4 rings (SSSR count). The first-order valence-electron chi connectivity index (χ1n) is 12.4. The Morgan fingerprint density at radius 2 is 1.79 bits per heavy atom. The van der Waals surface area contributed by atoms with E-state index in [2.05, 4.69) is 48.5 Å². The van der Waals surface area contributed by atoms with Crippen LogP contribution in [0.5, 0.6) is 23.1 Å². The fourth-order valence-electron chi connectivity index (χ4n) is 4.23. The molecule has 0 amide bonds. The lowest BCUT2D eigenvalue weighted by molar-refractivity contribution is 0.171. The summed E-state index contributed by atoms with van der Waals surface area (Å²) < 4.78 is 47.1. The maximum atomic E-state index is 14.3. The SMILES string of the molecule is COc1cc#cc(-c2nnc(N(CCSI)S(=O)(=O)[C@@H](C)[C@H](O)c3ccccc3OC)n2-c2c(O)cccc2OC)n1. The largest absolute Gasteiger partial charge is 0.506 e. The number of aliphatic hydroxyl groups excluding tert-OH is 1. The number of hydrogen-bond donors (Lipinski definition) is 2. The summed E-state index contributed by atoms with van der Waals surface area (Å²) in [5.41, 5.74) is 0.518. The van der Waals surface area contributed by atoms with Gasteiger partial charge in [-0.05, 0) is 52.4 Å². The molecule has 12 nitrogen and oxygen atoms in total. The molecular formula is C27H28IN5O7S2. The highest BCUT2D eigenvalue weighted by atomic mass is 127. The summed E-state index contributed by atoms with van der Waals surface area (Å²) in [6, 6.07) is 18.4. The third-order valence-corrected chi connectivity index (χ3v) is 10.2. The zero-order chi connectivity index (χ0) is 30.4. The summed E-state index contributed by atoms with van der Waals surface area (Å²) in [5, 5.41) is 29.5. The van der Waals surface area contributed by atoms with E-state index in [1.165, 1.54) is 53.9 Å². The number of benzene rings is 2. The van der Waals surface area contributed by atoms with Gasteiger partial charge >= 0.3 is 0 Å². The van der Waals surface area contributed by atoms with E-state index in [9.17, 15) is 18.6 Å². The summed E-state index contributed by atoms with van der Waals surface area (Å²) >= 11 is 2.07. The van der Waals surface area contributed by atoms with Gasteiger partial charge in [0.2, 0.25) is 21.9 Å². The molecule has 15 heteroatoms. The highest BCUT2D eigenvalue weighted by Gasteiger charge is 2.39. The second-order valence-electron chi connectivity index (χ2n) is 8.73. The molecule has 0 saturated carbocycles. The molecule has 2 aromatic heterocycles. The zero-order valence-electron chi connectivity index (χ0n) is 23.1. The predicted octanol–water partition coefficient (Wildman–Crippen LogP) is 4.00. The van der Waals surface area contributed by atoms with Gasteiger partial charge in [-0.1, -0.05) is 39.3 Å². The standard InChI is InChI=1S/C27H28IN5O7S2/c1-17(25(35)18-9-5-6-12-21(18)38-2)42(36,37)32(15-16-41-28)27-31-30-26(19-10-7-14-23(29-19)40-4)33(27)24-20(34)11-8-13-22(24)39-3/h5-6,8-9,11-14,17,25,34-35H,15-16H2,1-4H3/t17-,25-/m0/s1. The van der Waals surface area contributed by atoms with Crippen LogP contribution in [0.25, 0.3) is 17.2 Å². The molecular weight excluding hydrogens is 697 g/mol. The van der Waals surface area contributed by atoms with Gasteiger partial charge in [-0.15, -0.1) is 10.2 Å². The van der Waals surface area contributed by atoms with Crippen LogP contribution >= 0.6 is 30.1 Å². The van der Waals surface area contributed by atoms with Crippen LogP contribution < -0.4 is 18.5 Å². The number of methoxy groups -OCH3 is 3. The van der Waals surface area contributed by atoms with E-state index in [4.69, 9.17) is 14.2 Å². The van der Waals surface area contributed by atoms with Crippen LogP contribution in [0.3, 0.4) is 0 Å². The Bertz CT molecular complexity index is 1640. The van der Waals surface area contributed by atoms with Crippen LogP contribution in [0.2, 0.25) is 0 Å². The summed E-state index contributed by atoms with van der Waals surface area (Å²) in [4.78, 5) is 4.37. The molecule has 0 fully saturated rings. The van der Waals surface area contributed by atoms with Crippen molar-refractivity contribution in [3.8, 4) is 40.3 Å². The molecule has 4 aromatic rings. The van der Waals surface area contributed by atoms with Crippen molar-refractivity contribution < 1.29 is 32.8 Å². The summed E-state index contributed by atoms with van der Waals surface area (Å²) in [5.74, 6) is 0.796. The van der Waals surface area contributed by atoms with Crippen molar-refractivity contribution in [2.24, 2.45) is 0 Å². The van der Waals surface area contributed by atoms with Gasteiger partial charge in [0.1, 0.15) is 34.3 Å². The lowest BCUT2D eigenvalue weighted by atomic mass is 10.1. The number of para-hydroxylation sites is 2. The Hall–Kier alpha value is -3.46. The highest BCUT2D eigenvalue weighted by Crippen LogP contribution is 2.39. The third-order valence-electron chi connectivity index (χ3n) is 6.37. The van der Waals surface area contributed by atoms with Crippen LogP contribution in [0, 0.1) is 12.1 Å². The molecule has 2 aromatic carbocycles. The molecule has 0 aliphatic carbocycles. The van der Waals surface area contributed by atoms with Gasteiger partial charge < -0.3 is 24.4 Å². The number of rotatable bonds is 13. The fourth-order valence-corrected chi connectivity index (χ4v) is 6.75. The maximum absolute atomic E-state index is 14.3. The number of aromatic nitrogens is 4. The number of hydrogen-bond acceptors (Lipinski definition) is 11. The Kier molecular flexibility index (Phi) is 10.2. The lowest BCUT2D eigenvalue weighted by Gasteiger charge is -2.29. The number of sulfonamides is 1. The minimum Gasteiger partial charge on any atom is -0.506 e. The number of phenols is 1. The number of aromatic hydroxyl groups is 1. The second-order valence-corrected chi connectivity index (χ2v) is 13.4. The van der Waals surface area contributed by atoms with Gasteiger partial charge in [0.15, 0.2) is 11.5 Å². The van der Waals surface area contributed by atoms with E-state index >= 15 is 0 Å². The minimum atomic E-state index is -4.34. The Morgan fingerprint density at radius 3 is 2.48 bits per heavy atom. The van der Waals surface area contributed by atoms with Crippen LogP contribution in [0.15, 0.2) is 48.5 Å². The van der Waals surface area contributed by atoms with Gasteiger partial charge in [-0.3, -0.25) is 4.57 Å². The van der Waals surface area contributed by atoms with Crippen LogP contribution in [0.4, 0.5) is 5.95 Å². The number of ether oxygens (including phenoxy) is 3. The van der Waals surface area contributed by atoms with E-state index < -0.39 is 21.4 Å². The van der Waals surface area contributed by atoms with Gasteiger partial charge in [0, 0.05) is 17.9 Å². The molecule has 0 aliphatic heterocycles. The van der Waals surface area contributed by atoms with E-state index in [1.54, 1.807) is 36.4 Å². The number of halogens is 1. The number of anilines is 1. The molecule has 2 heterocycles. The zero-order valence-corrected chi connectivity index (χ0v) is 26.8. The molecule has 42 heavy (non-hydrogen) atoms. The third kappa shape index (κ3) is 6.16. The van der Waals surface area contributed by atoms with E-state index in [0.29, 0.717) is 17.1 Å². The molecule has 0 spiro atoms. The topological polar surface area (TPSA) is 149 Å². The lowest BCUT2D eigenvalue weighted by Crippen LogP contribution is -2.43. The maximum Gasteiger partial charge on any atom is 0.246 e. The summed E-state index contributed by atoms with van der Waals surface area (Å²) in [6.07, 6.45) is -1.45. The van der Waals surface area contributed by atoms with Crippen LogP contribution in [0.1, 0.15) is 18.6 Å². The first kappa shape index (κ1) is 31.5. The first-order valence-corrected chi connectivity index (χ1v) is 17.4. The first-order chi connectivity index (χ1) is 20.2. The van der Waals surface area contributed by atoms with Gasteiger partial charge in [-0.25, -0.2) is 17.7 Å². The number of aliphatic hydroxyl groups is 1. The van der Waals surface area contributed by atoms with Crippen molar-refractivity contribution in [3.05, 3.63) is 66.2 Å². The summed E-state index contributed by atoms with van der Waals surface area (Å²) in [6.45, 7) is 1.37. The number of nitrogens with zero attached hydrogens (tertiary/aromatic N) is 5. The van der Waals surface area contributed by atoms with Crippen molar-refractivity contribution in [2.75, 3.05) is 37.9 Å². The monoisotopic (exact) mass is 725 g/mol. The van der Waals surface area contributed by atoms with Crippen LogP contribution in [-0.4, -0.2) is 77.3 Å². The molecule has 2 atom stereocenters. The Balaban J connectivity index is 1.95. The average molecular weight is 726 g/mol. The van der Waals surface area contributed by atoms with Gasteiger partial charge in [0.25, 0.3) is 0 Å². The Morgan fingerprint density at radius 1 is 1.07 bits per heavy atom. The molecule has 0 radical (unpaired) electrons. The normalized spacial score (nSPS) is 12.7. The summed E-state index contributed by atoms with van der Waals surface area (Å²) in [7, 11) is 1.35. The van der Waals surface area contributed by atoms with Crippen molar-refractivity contribution >= 4 is 46.1 Å². The minimum absolute atomic E-state index is 0.0334. The van der Waals surface area contributed by atoms with Crippen molar-refractivity contribution in [1.82, 2.24) is 19.7 Å². The van der Waals surface area contributed by atoms with Crippen molar-refractivity contribution in [1.29, 1.82) is 0 Å². The van der Waals surface area contributed by atoms with Gasteiger partial charge in [-0.2, -0.15) is 0 Å². The van der Waals surface area contributed by atoms with Crippen LogP contribution in [-0.2, 0) is 10.0 Å². The predicted molar refractivity (Wildman–Crippen MR) is 167 cm³/mol. The Labute approximate surface area is 260 Å². The molecule has 2 N–H and O–H groups in total. The fraction of sp³-hybridized carbons (Fsp3) is 0.296. The van der Waals surface area contributed by atoms with E-state index in [-0.39, 0.29) is 47.1 Å². The second kappa shape index (κ2) is 13.7. The molecule has 222 valence electrons.